The Balaban J connectivity index is 1.54. The number of piperidine rings is 1. The van der Waals surface area contributed by atoms with E-state index in [0.717, 1.165) is 41.7 Å². The topological polar surface area (TPSA) is 69.2 Å². The van der Waals surface area contributed by atoms with Crippen LogP contribution in [0.25, 0.3) is 11.4 Å². The number of nitrogens with zero attached hydrogens (tertiary/aromatic N) is 4. The number of likely N-dealkylation sites (tertiary alicyclic amines) is 1. The second kappa shape index (κ2) is 8.49. The largest absolute Gasteiger partial charge is 0.343 e. The van der Waals surface area contributed by atoms with Crippen LogP contribution in [0.1, 0.15) is 24.8 Å². The molecule has 0 saturated carbocycles. The van der Waals surface area contributed by atoms with E-state index in [2.05, 4.69) is 49.7 Å². The van der Waals surface area contributed by atoms with E-state index in [1.165, 1.54) is 25.6 Å². The van der Waals surface area contributed by atoms with Crippen molar-refractivity contribution in [3.63, 3.8) is 0 Å². The highest BCUT2D eigenvalue weighted by atomic mass is 15.3. The molecule has 1 aliphatic rings. The van der Waals surface area contributed by atoms with Gasteiger partial charge in [0, 0.05) is 24.3 Å². The van der Waals surface area contributed by atoms with Crippen molar-refractivity contribution in [1.82, 2.24) is 20.1 Å². The number of aromatic nitrogens is 3. The second-order valence-electron chi connectivity index (χ2n) is 6.71. The molecule has 1 fully saturated rings. The monoisotopic (exact) mass is 360 g/mol. The summed E-state index contributed by atoms with van der Waals surface area (Å²) in [6, 6.07) is 18.5. The molecule has 0 aliphatic carbocycles. The summed E-state index contributed by atoms with van der Waals surface area (Å²) < 4.78 is 0. The summed E-state index contributed by atoms with van der Waals surface area (Å²) in [5.41, 5.74) is 3.24. The molecule has 2 aromatic carbocycles. The molecule has 6 nitrogen and oxygen atoms in total. The van der Waals surface area contributed by atoms with Gasteiger partial charge in [-0.3, -0.25) is 5.10 Å². The van der Waals surface area contributed by atoms with Gasteiger partial charge in [-0.25, -0.2) is 9.98 Å². The van der Waals surface area contributed by atoms with Gasteiger partial charge in [0.2, 0.25) is 0 Å². The SMILES string of the molecule is c1ccc(NC(=NCc2cccc(-c3ncn[nH]3)c2)N2CCCCC2)cc1. The Hall–Kier alpha value is -3.15. The van der Waals surface area contributed by atoms with Crippen LogP contribution in [0.4, 0.5) is 5.69 Å². The van der Waals surface area contributed by atoms with Gasteiger partial charge in [0.05, 0.1) is 6.54 Å². The van der Waals surface area contributed by atoms with Gasteiger partial charge >= 0.3 is 0 Å². The first kappa shape index (κ1) is 17.3. The Labute approximate surface area is 159 Å². The molecule has 0 bridgehead atoms. The van der Waals surface area contributed by atoms with Crippen molar-refractivity contribution in [3.05, 3.63) is 66.5 Å². The summed E-state index contributed by atoms with van der Waals surface area (Å²) >= 11 is 0. The van der Waals surface area contributed by atoms with Crippen LogP contribution >= 0.6 is 0 Å². The molecular formula is C21H24N6. The Morgan fingerprint density at radius 3 is 2.67 bits per heavy atom. The van der Waals surface area contributed by atoms with Crippen LogP contribution in [0.15, 0.2) is 65.9 Å². The van der Waals surface area contributed by atoms with Crippen LogP contribution in [0.2, 0.25) is 0 Å². The first-order chi connectivity index (χ1) is 13.4. The van der Waals surface area contributed by atoms with E-state index < -0.39 is 0 Å². The number of anilines is 1. The highest BCUT2D eigenvalue weighted by Gasteiger charge is 2.15. The van der Waals surface area contributed by atoms with Crippen LogP contribution in [0.3, 0.4) is 0 Å². The third-order valence-corrected chi connectivity index (χ3v) is 4.71. The molecule has 1 saturated heterocycles. The number of H-pyrrole nitrogens is 1. The molecule has 138 valence electrons. The first-order valence-corrected chi connectivity index (χ1v) is 9.45. The van der Waals surface area contributed by atoms with E-state index >= 15 is 0 Å². The number of hydrogen-bond donors (Lipinski definition) is 2. The minimum Gasteiger partial charge on any atom is -0.343 e. The quantitative estimate of drug-likeness (QED) is 0.546. The summed E-state index contributed by atoms with van der Waals surface area (Å²) in [6.45, 7) is 2.72. The molecule has 0 atom stereocenters. The van der Waals surface area contributed by atoms with E-state index in [0.29, 0.717) is 6.54 Å². The standard InChI is InChI=1S/C21H24N6/c1-3-10-19(11-4-1)25-21(27-12-5-2-6-13-27)22-15-17-8-7-9-18(14-17)20-23-16-24-26-20/h1,3-4,7-11,14,16H,2,5-6,12-13,15H2,(H,22,25)(H,23,24,26). The molecule has 2 heterocycles. The van der Waals surface area contributed by atoms with E-state index in [1.54, 1.807) is 0 Å². The molecule has 2 N–H and O–H groups in total. The van der Waals surface area contributed by atoms with Crippen molar-refractivity contribution in [2.75, 3.05) is 18.4 Å². The van der Waals surface area contributed by atoms with E-state index in [-0.39, 0.29) is 0 Å². The molecule has 4 rings (SSSR count). The first-order valence-electron chi connectivity index (χ1n) is 9.45. The molecule has 0 spiro atoms. The number of hydrogen-bond acceptors (Lipinski definition) is 3. The van der Waals surface area contributed by atoms with E-state index in [4.69, 9.17) is 4.99 Å². The van der Waals surface area contributed by atoms with Crippen molar-refractivity contribution < 1.29 is 0 Å². The van der Waals surface area contributed by atoms with E-state index in [9.17, 15) is 0 Å². The van der Waals surface area contributed by atoms with Crippen LogP contribution in [0, 0.1) is 0 Å². The smallest absolute Gasteiger partial charge is 0.198 e. The lowest BCUT2D eigenvalue weighted by atomic mass is 10.1. The number of nitrogens with one attached hydrogen (secondary N) is 2. The summed E-state index contributed by atoms with van der Waals surface area (Å²) in [6.07, 6.45) is 5.26. The van der Waals surface area contributed by atoms with Gasteiger partial charge < -0.3 is 10.2 Å². The van der Waals surface area contributed by atoms with Gasteiger partial charge in [-0.05, 0) is 43.0 Å². The third-order valence-electron chi connectivity index (χ3n) is 4.71. The van der Waals surface area contributed by atoms with Crippen molar-refractivity contribution >= 4 is 11.6 Å². The fourth-order valence-electron chi connectivity index (χ4n) is 3.30. The maximum absolute atomic E-state index is 4.92. The minimum absolute atomic E-state index is 0.619. The third kappa shape index (κ3) is 4.53. The summed E-state index contributed by atoms with van der Waals surface area (Å²) in [4.78, 5) is 11.5. The van der Waals surface area contributed by atoms with Gasteiger partial charge in [-0.1, -0.05) is 36.4 Å². The van der Waals surface area contributed by atoms with Crippen molar-refractivity contribution in [2.45, 2.75) is 25.8 Å². The number of aromatic amines is 1. The average Bonchev–Trinajstić information content (AvgIpc) is 3.28. The Morgan fingerprint density at radius 2 is 1.89 bits per heavy atom. The molecular weight excluding hydrogens is 336 g/mol. The van der Waals surface area contributed by atoms with Gasteiger partial charge in [0.15, 0.2) is 11.8 Å². The zero-order chi connectivity index (χ0) is 18.3. The van der Waals surface area contributed by atoms with Crippen LogP contribution < -0.4 is 5.32 Å². The fraction of sp³-hybridized carbons (Fsp3) is 0.286. The maximum atomic E-state index is 4.92. The normalized spacial score (nSPS) is 15.0. The van der Waals surface area contributed by atoms with Crippen molar-refractivity contribution in [1.29, 1.82) is 0 Å². The number of guanidine groups is 1. The average molecular weight is 360 g/mol. The molecule has 0 amide bonds. The zero-order valence-corrected chi connectivity index (χ0v) is 15.3. The summed E-state index contributed by atoms with van der Waals surface area (Å²) in [5, 5.41) is 10.4. The van der Waals surface area contributed by atoms with Gasteiger partial charge in [0.25, 0.3) is 0 Å². The van der Waals surface area contributed by atoms with Gasteiger partial charge in [0.1, 0.15) is 6.33 Å². The number of aliphatic imine (C=N–C) groups is 1. The maximum Gasteiger partial charge on any atom is 0.198 e. The molecule has 6 heteroatoms. The van der Waals surface area contributed by atoms with Crippen LogP contribution in [-0.2, 0) is 6.54 Å². The summed E-state index contributed by atoms with van der Waals surface area (Å²) in [7, 11) is 0. The number of para-hydroxylation sites is 1. The van der Waals surface area contributed by atoms with Gasteiger partial charge in [-0.15, -0.1) is 0 Å². The highest BCUT2D eigenvalue weighted by molar-refractivity contribution is 5.93. The minimum atomic E-state index is 0.619. The molecule has 0 unspecified atom stereocenters. The lowest BCUT2D eigenvalue weighted by Gasteiger charge is -2.30. The molecule has 27 heavy (non-hydrogen) atoms. The predicted molar refractivity (Wildman–Crippen MR) is 108 cm³/mol. The van der Waals surface area contributed by atoms with E-state index in [1.807, 2.05) is 30.3 Å². The van der Waals surface area contributed by atoms with Gasteiger partial charge in [-0.2, -0.15) is 5.10 Å². The predicted octanol–water partition coefficient (Wildman–Crippen LogP) is 3.93. The Bertz CT molecular complexity index is 867. The zero-order valence-electron chi connectivity index (χ0n) is 15.3. The molecule has 3 aromatic rings. The fourth-order valence-corrected chi connectivity index (χ4v) is 3.30. The highest BCUT2D eigenvalue weighted by Crippen LogP contribution is 2.17. The number of benzene rings is 2. The molecule has 0 radical (unpaired) electrons. The van der Waals surface area contributed by atoms with Crippen LogP contribution in [-0.4, -0.2) is 39.1 Å². The molecule has 1 aliphatic heterocycles. The van der Waals surface area contributed by atoms with Crippen molar-refractivity contribution in [3.8, 4) is 11.4 Å². The van der Waals surface area contributed by atoms with Crippen LogP contribution in [0.5, 0.6) is 0 Å². The Morgan fingerprint density at radius 1 is 1.04 bits per heavy atom. The lowest BCUT2D eigenvalue weighted by molar-refractivity contribution is 0.340. The Kier molecular flexibility index (Phi) is 5.43. The second-order valence-corrected chi connectivity index (χ2v) is 6.71. The molecule has 1 aromatic heterocycles. The lowest BCUT2D eigenvalue weighted by Crippen LogP contribution is -2.40. The van der Waals surface area contributed by atoms with Crippen molar-refractivity contribution in [2.24, 2.45) is 4.99 Å². The summed E-state index contributed by atoms with van der Waals surface area (Å²) in [5.74, 6) is 1.73. The number of rotatable bonds is 4.